The van der Waals surface area contributed by atoms with Crippen molar-refractivity contribution in [1.29, 1.82) is 0 Å². The Morgan fingerprint density at radius 3 is 2.79 bits per heavy atom. The van der Waals surface area contributed by atoms with Gasteiger partial charge in [-0.2, -0.15) is 5.10 Å². The maximum absolute atomic E-state index is 11.6. The highest BCUT2D eigenvalue weighted by Gasteiger charge is 2.10. The molecule has 6 heteroatoms. The van der Waals surface area contributed by atoms with Gasteiger partial charge in [-0.3, -0.25) is 10.00 Å². The number of carbonyl (C=O) groups is 1. The maximum atomic E-state index is 11.6. The average molecular weight is 324 g/mol. The topological polar surface area (TPSA) is 56.2 Å². The number of carbonyl (C=O) groups excluding carboxylic acids is 1. The molecule has 5 nitrogen and oxygen atoms in total. The first-order chi connectivity index (χ1) is 9.19. The lowest BCUT2D eigenvalue weighted by atomic mass is 10.2. The first-order valence-electron chi connectivity index (χ1n) is 5.89. The predicted molar refractivity (Wildman–Crippen MR) is 75.9 cm³/mol. The Bertz CT molecular complexity index is 554. The third-order valence-corrected chi connectivity index (χ3v) is 3.05. The molecule has 2 aromatic rings. The first-order valence-corrected chi connectivity index (χ1v) is 6.69. The summed E-state index contributed by atoms with van der Waals surface area (Å²) in [6, 6.07) is 9.51. The van der Waals surface area contributed by atoms with Crippen LogP contribution < -0.4 is 5.32 Å². The first kappa shape index (κ1) is 13.6. The highest BCUT2D eigenvalue weighted by molar-refractivity contribution is 9.10. The number of hydrogen-bond acceptors (Lipinski definition) is 3. The summed E-state index contributed by atoms with van der Waals surface area (Å²) in [6.45, 7) is 2.94. The smallest absolute Gasteiger partial charge is 0.413 e. The monoisotopic (exact) mass is 323 g/mol. The van der Waals surface area contributed by atoms with E-state index in [0.29, 0.717) is 5.82 Å². The molecule has 1 N–H and O–H groups in total. The van der Waals surface area contributed by atoms with Gasteiger partial charge in [0.05, 0.1) is 4.47 Å². The molecule has 1 heterocycles. The molecule has 0 unspecified atom stereocenters. The number of halogens is 1. The zero-order chi connectivity index (χ0) is 13.7. The van der Waals surface area contributed by atoms with Crippen molar-refractivity contribution >= 4 is 27.8 Å². The van der Waals surface area contributed by atoms with E-state index in [2.05, 4.69) is 26.3 Å². The lowest BCUT2D eigenvalue weighted by Crippen LogP contribution is -2.14. The number of anilines is 1. The molecule has 0 atom stereocenters. The van der Waals surface area contributed by atoms with Crippen molar-refractivity contribution in [1.82, 2.24) is 9.78 Å². The molecule has 0 saturated carbocycles. The van der Waals surface area contributed by atoms with Gasteiger partial charge in [0, 0.05) is 12.7 Å². The van der Waals surface area contributed by atoms with E-state index in [1.54, 1.807) is 10.9 Å². The van der Waals surface area contributed by atoms with Crippen LogP contribution in [-0.4, -0.2) is 15.9 Å². The minimum Gasteiger partial charge on any atom is -0.444 e. The lowest BCUT2D eigenvalue weighted by molar-refractivity contribution is 0.155. The number of amides is 1. The van der Waals surface area contributed by atoms with Gasteiger partial charge in [0.2, 0.25) is 0 Å². The Kier molecular flexibility index (Phi) is 4.57. The van der Waals surface area contributed by atoms with Crippen molar-refractivity contribution in [2.24, 2.45) is 0 Å². The van der Waals surface area contributed by atoms with Crippen LogP contribution in [0.25, 0.3) is 0 Å². The molecule has 0 radical (unpaired) electrons. The van der Waals surface area contributed by atoms with E-state index >= 15 is 0 Å². The number of hydrogen-bond donors (Lipinski definition) is 1. The number of nitrogens with one attached hydrogen (secondary N) is 1. The van der Waals surface area contributed by atoms with Crippen molar-refractivity contribution in [3.05, 3.63) is 46.6 Å². The molecule has 1 amide bonds. The largest absolute Gasteiger partial charge is 0.444 e. The van der Waals surface area contributed by atoms with Gasteiger partial charge >= 0.3 is 6.09 Å². The van der Waals surface area contributed by atoms with Crippen molar-refractivity contribution in [3.63, 3.8) is 0 Å². The Labute approximate surface area is 119 Å². The highest BCUT2D eigenvalue weighted by atomic mass is 79.9. The van der Waals surface area contributed by atoms with Crippen molar-refractivity contribution < 1.29 is 9.53 Å². The zero-order valence-electron chi connectivity index (χ0n) is 10.5. The van der Waals surface area contributed by atoms with Crippen molar-refractivity contribution in [2.75, 3.05) is 5.32 Å². The molecule has 0 spiro atoms. The van der Waals surface area contributed by atoms with Crippen molar-refractivity contribution in [2.45, 2.75) is 20.1 Å². The molecule has 1 aromatic heterocycles. The Balaban J connectivity index is 1.89. The molecule has 0 aliphatic carbocycles. The quantitative estimate of drug-likeness (QED) is 0.938. The van der Waals surface area contributed by atoms with E-state index < -0.39 is 6.09 Å². The third kappa shape index (κ3) is 3.82. The van der Waals surface area contributed by atoms with Crippen LogP contribution in [0.15, 0.2) is 41.0 Å². The molecule has 100 valence electrons. The molecule has 19 heavy (non-hydrogen) atoms. The summed E-state index contributed by atoms with van der Waals surface area (Å²) in [5.74, 6) is 0.458. The molecule has 2 rings (SSSR count). The van der Waals surface area contributed by atoms with Crippen LogP contribution >= 0.6 is 15.9 Å². The summed E-state index contributed by atoms with van der Waals surface area (Å²) in [4.78, 5) is 11.6. The molecule has 0 bridgehead atoms. The van der Waals surface area contributed by atoms with Crippen LogP contribution in [0.1, 0.15) is 12.5 Å². The van der Waals surface area contributed by atoms with Gasteiger partial charge in [0.25, 0.3) is 0 Å². The number of rotatable bonds is 4. The summed E-state index contributed by atoms with van der Waals surface area (Å²) < 4.78 is 7.56. The van der Waals surface area contributed by atoms with Gasteiger partial charge in [0.15, 0.2) is 5.82 Å². The van der Waals surface area contributed by atoms with Crippen molar-refractivity contribution in [3.8, 4) is 0 Å². The summed E-state index contributed by atoms with van der Waals surface area (Å²) in [7, 11) is 0. The Hall–Kier alpha value is -1.82. The Morgan fingerprint density at radius 1 is 1.42 bits per heavy atom. The van der Waals surface area contributed by atoms with E-state index in [1.165, 1.54) is 0 Å². The number of ether oxygens (including phenoxy) is 1. The second-order valence-electron chi connectivity index (χ2n) is 3.87. The fourth-order valence-corrected chi connectivity index (χ4v) is 1.91. The summed E-state index contributed by atoms with van der Waals surface area (Å²) in [5.41, 5.74) is 0.941. The van der Waals surface area contributed by atoms with Crippen LogP contribution in [0.5, 0.6) is 0 Å². The third-order valence-electron chi connectivity index (χ3n) is 2.47. The molecular formula is C13H14BrN3O2. The minimum atomic E-state index is -0.522. The van der Waals surface area contributed by atoms with Crippen LogP contribution in [0.3, 0.4) is 0 Å². The molecule has 0 aliphatic heterocycles. The molecule has 0 aliphatic rings. The average Bonchev–Trinajstić information content (AvgIpc) is 2.78. The Morgan fingerprint density at radius 2 is 2.16 bits per heavy atom. The zero-order valence-corrected chi connectivity index (χ0v) is 12.1. The SMILES string of the molecule is CCn1cc(Br)c(NC(=O)OCc2ccccc2)n1. The van der Waals surface area contributed by atoms with Crippen LogP contribution in [0.4, 0.5) is 10.6 Å². The van der Waals surface area contributed by atoms with E-state index in [9.17, 15) is 4.79 Å². The van der Waals surface area contributed by atoms with E-state index in [0.717, 1.165) is 16.6 Å². The second-order valence-corrected chi connectivity index (χ2v) is 4.72. The number of aromatic nitrogens is 2. The number of nitrogens with zero attached hydrogens (tertiary/aromatic N) is 2. The fraction of sp³-hybridized carbons (Fsp3) is 0.231. The molecule has 1 aromatic carbocycles. The minimum absolute atomic E-state index is 0.235. The predicted octanol–water partition coefficient (Wildman–Crippen LogP) is 3.41. The van der Waals surface area contributed by atoms with E-state index in [1.807, 2.05) is 37.3 Å². The molecular weight excluding hydrogens is 310 g/mol. The summed E-state index contributed by atoms with van der Waals surface area (Å²) in [6.07, 6.45) is 1.28. The van der Waals surface area contributed by atoms with Crippen LogP contribution in [0, 0.1) is 0 Å². The van der Waals surface area contributed by atoms with Gasteiger partial charge < -0.3 is 4.74 Å². The van der Waals surface area contributed by atoms with E-state index in [-0.39, 0.29) is 6.61 Å². The van der Waals surface area contributed by atoms with E-state index in [4.69, 9.17) is 4.74 Å². The molecule has 0 saturated heterocycles. The molecule has 0 fully saturated rings. The van der Waals surface area contributed by atoms with Crippen LogP contribution in [0.2, 0.25) is 0 Å². The van der Waals surface area contributed by atoms with Crippen LogP contribution in [-0.2, 0) is 17.9 Å². The van der Waals surface area contributed by atoms with Gasteiger partial charge in [-0.1, -0.05) is 30.3 Å². The standard InChI is InChI=1S/C13H14BrN3O2/c1-2-17-8-11(14)12(16-17)15-13(18)19-9-10-6-4-3-5-7-10/h3-8H,2,9H2,1H3,(H,15,16,18). The number of benzene rings is 1. The van der Waals surface area contributed by atoms with Gasteiger partial charge in [-0.05, 0) is 28.4 Å². The van der Waals surface area contributed by atoms with Gasteiger partial charge in [0.1, 0.15) is 6.61 Å². The normalized spacial score (nSPS) is 10.2. The van der Waals surface area contributed by atoms with Gasteiger partial charge in [-0.25, -0.2) is 4.79 Å². The highest BCUT2D eigenvalue weighted by Crippen LogP contribution is 2.20. The maximum Gasteiger partial charge on any atom is 0.413 e. The number of aryl methyl sites for hydroxylation is 1. The summed E-state index contributed by atoms with van der Waals surface area (Å²) in [5, 5.41) is 6.78. The lowest BCUT2D eigenvalue weighted by Gasteiger charge is -2.05. The van der Waals surface area contributed by atoms with Gasteiger partial charge in [-0.15, -0.1) is 0 Å². The summed E-state index contributed by atoms with van der Waals surface area (Å²) >= 11 is 3.33. The second kappa shape index (κ2) is 6.38. The fourth-order valence-electron chi connectivity index (χ4n) is 1.50.